The Bertz CT molecular complexity index is 433. The largest absolute Gasteiger partial charge is 0.475 e. The molecule has 0 bridgehead atoms. The molecule has 0 amide bonds. The molecule has 0 atom stereocenters. The van der Waals surface area contributed by atoms with Crippen LogP contribution < -0.4 is 4.74 Å². The van der Waals surface area contributed by atoms with Crippen LogP contribution in [0.3, 0.4) is 0 Å². The van der Waals surface area contributed by atoms with E-state index in [-0.39, 0.29) is 24.7 Å². The Morgan fingerprint density at radius 1 is 1.16 bits per heavy atom. The molecule has 0 unspecified atom stereocenters. The molecular weight excluding hydrogens is 285 g/mol. The van der Waals surface area contributed by atoms with Crippen molar-refractivity contribution in [2.24, 2.45) is 0 Å². The number of alkyl halides is 3. The fraction of sp³-hybridized carbons (Fsp3) is 0.636. The number of rotatable bonds is 4. The Morgan fingerprint density at radius 2 is 1.79 bits per heavy atom. The Kier molecular flexibility index (Phi) is 4.98. The minimum absolute atomic E-state index is 0.0713. The minimum atomic E-state index is -4.59. The van der Waals surface area contributed by atoms with Crippen molar-refractivity contribution in [3.05, 3.63) is 17.0 Å². The van der Waals surface area contributed by atoms with Crippen molar-refractivity contribution in [2.75, 3.05) is 13.2 Å². The third-order valence-corrected chi connectivity index (χ3v) is 2.00. The zero-order valence-corrected chi connectivity index (χ0v) is 11.5. The molecule has 1 rings (SSSR count). The van der Waals surface area contributed by atoms with Crippen LogP contribution in [0.4, 0.5) is 13.2 Å². The van der Waals surface area contributed by atoms with E-state index in [9.17, 15) is 13.2 Å². The van der Waals surface area contributed by atoms with E-state index in [0.29, 0.717) is 6.07 Å². The molecule has 0 aromatic carbocycles. The summed E-state index contributed by atoms with van der Waals surface area (Å²) < 4.78 is 47.8. The molecule has 0 aliphatic carbocycles. The molecule has 0 fully saturated rings. The van der Waals surface area contributed by atoms with Crippen LogP contribution in [0.5, 0.6) is 5.88 Å². The Morgan fingerprint density at radius 3 is 2.32 bits per heavy atom. The van der Waals surface area contributed by atoms with E-state index >= 15 is 0 Å². The first kappa shape index (κ1) is 16.0. The Labute approximate surface area is 113 Å². The summed E-state index contributed by atoms with van der Waals surface area (Å²) in [7, 11) is 0. The van der Waals surface area contributed by atoms with Gasteiger partial charge in [-0.2, -0.15) is 18.2 Å². The van der Waals surface area contributed by atoms with Crippen LogP contribution in [0, 0.1) is 0 Å². The minimum Gasteiger partial charge on any atom is -0.475 e. The van der Waals surface area contributed by atoms with Crippen LogP contribution >= 0.6 is 11.6 Å². The number of hydrogen-bond donors (Lipinski definition) is 0. The average molecular weight is 299 g/mol. The van der Waals surface area contributed by atoms with E-state index in [1.54, 1.807) is 0 Å². The molecule has 0 aliphatic rings. The van der Waals surface area contributed by atoms with Gasteiger partial charge < -0.3 is 9.47 Å². The highest BCUT2D eigenvalue weighted by Gasteiger charge is 2.33. The van der Waals surface area contributed by atoms with E-state index in [2.05, 4.69) is 9.97 Å². The van der Waals surface area contributed by atoms with E-state index in [4.69, 9.17) is 21.1 Å². The maximum atomic E-state index is 12.5. The molecule has 8 heteroatoms. The van der Waals surface area contributed by atoms with E-state index in [0.717, 1.165) is 0 Å². The monoisotopic (exact) mass is 298 g/mol. The van der Waals surface area contributed by atoms with Gasteiger partial charge in [0.2, 0.25) is 11.2 Å². The van der Waals surface area contributed by atoms with Gasteiger partial charge in [-0.05, 0) is 32.4 Å². The summed E-state index contributed by atoms with van der Waals surface area (Å²) in [5, 5.41) is -0.512. The van der Waals surface area contributed by atoms with E-state index in [1.807, 2.05) is 20.8 Å². The molecule has 0 saturated heterocycles. The summed E-state index contributed by atoms with van der Waals surface area (Å²) in [5.74, 6) is -0.232. The first-order valence-corrected chi connectivity index (χ1v) is 5.84. The van der Waals surface area contributed by atoms with Crippen molar-refractivity contribution in [3.63, 3.8) is 0 Å². The number of halogens is 4. The fourth-order valence-electron chi connectivity index (χ4n) is 1.11. The predicted octanol–water partition coefficient (Wildman–Crippen LogP) is 3.34. The third kappa shape index (κ3) is 6.07. The van der Waals surface area contributed by atoms with Gasteiger partial charge in [-0.3, -0.25) is 0 Å². The Hall–Kier alpha value is -1.08. The molecule has 108 valence electrons. The summed E-state index contributed by atoms with van der Waals surface area (Å²) in [6, 6.07) is 0.697. The lowest BCUT2D eigenvalue weighted by atomic mass is 10.2. The second-order valence-corrected chi connectivity index (χ2v) is 5.01. The fourth-order valence-corrected chi connectivity index (χ4v) is 1.28. The van der Waals surface area contributed by atoms with E-state index in [1.165, 1.54) is 0 Å². The molecule has 19 heavy (non-hydrogen) atoms. The van der Waals surface area contributed by atoms with Crippen LogP contribution in [-0.4, -0.2) is 28.8 Å². The van der Waals surface area contributed by atoms with Gasteiger partial charge in [0, 0.05) is 6.07 Å². The number of ether oxygens (including phenoxy) is 2. The first-order chi connectivity index (χ1) is 8.58. The highest BCUT2D eigenvalue weighted by atomic mass is 35.5. The van der Waals surface area contributed by atoms with Gasteiger partial charge in [-0.1, -0.05) is 0 Å². The second kappa shape index (κ2) is 5.92. The lowest BCUT2D eigenvalue weighted by Crippen LogP contribution is -2.22. The summed E-state index contributed by atoms with van der Waals surface area (Å²) in [5.41, 5.74) is -1.48. The van der Waals surface area contributed by atoms with Crippen LogP contribution in [0.25, 0.3) is 0 Å². The van der Waals surface area contributed by atoms with Crippen molar-refractivity contribution in [3.8, 4) is 5.88 Å². The molecule has 0 N–H and O–H groups in total. The molecule has 1 heterocycles. The number of hydrogen-bond acceptors (Lipinski definition) is 4. The highest BCUT2D eigenvalue weighted by Crippen LogP contribution is 2.30. The molecule has 0 radical (unpaired) electrons. The molecular formula is C11H14ClF3N2O2. The SMILES string of the molecule is CC(C)(C)OCCOc1cc(C(F)(F)F)nc(Cl)n1. The molecule has 1 aromatic rings. The van der Waals surface area contributed by atoms with Crippen LogP contribution in [0.1, 0.15) is 26.5 Å². The maximum absolute atomic E-state index is 12.5. The maximum Gasteiger partial charge on any atom is 0.433 e. The summed E-state index contributed by atoms with van der Waals surface area (Å²) in [6.07, 6.45) is -4.59. The third-order valence-electron chi connectivity index (χ3n) is 1.83. The zero-order chi connectivity index (χ0) is 14.7. The van der Waals surface area contributed by atoms with Gasteiger partial charge in [-0.25, -0.2) is 4.98 Å². The summed E-state index contributed by atoms with van der Waals surface area (Å²) in [6.45, 7) is 5.87. The van der Waals surface area contributed by atoms with Gasteiger partial charge in [0.05, 0.1) is 12.2 Å². The first-order valence-electron chi connectivity index (χ1n) is 5.46. The quantitative estimate of drug-likeness (QED) is 0.632. The predicted molar refractivity (Wildman–Crippen MR) is 63.2 cm³/mol. The number of aromatic nitrogens is 2. The zero-order valence-electron chi connectivity index (χ0n) is 10.7. The lowest BCUT2D eigenvalue weighted by Gasteiger charge is -2.19. The Balaban J connectivity index is 2.62. The van der Waals surface area contributed by atoms with Gasteiger partial charge in [-0.15, -0.1) is 0 Å². The molecule has 0 aliphatic heterocycles. The normalized spacial score (nSPS) is 12.6. The van der Waals surface area contributed by atoms with Crippen molar-refractivity contribution in [1.82, 2.24) is 9.97 Å². The smallest absolute Gasteiger partial charge is 0.433 e. The summed E-state index contributed by atoms with van der Waals surface area (Å²) >= 11 is 5.41. The standard InChI is InChI=1S/C11H14ClF3N2O2/c1-10(2,3)19-5-4-18-8-6-7(11(13,14)15)16-9(12)17-8/h6H,4-5H2,1-3H3. The van der Waals surface area contributed by atoms with Crippen LogP contribution in [0.15, 0.2) is 6.07 Å². The topological polar surface area (TPSA) is 44.2 Å². The second-order valence-electron chi connectivity index (χ2n) is 4.67. The molecule has 1 aromatic heterocycles. The van der Waals surface area contributed by atoms with E-state index < -0.39 is 17.2 Å². The molecule has 4 nitrogen and oxygen atoms in total. The van der Waals surface area contributed by atoms with Crippen molar-refractivity contribution in [2.45, 2.75) is 32.5 Å². The molecule has 0 spiro atoms. The van der Waals surface area contributed by atoms with Gasteiger partial charge in [0.1, 0.15) is 6.61 Å². The van der Waals surface area contributed by atoms with Gasteiger partial charge in [0.25, 0.3) is 0 Å². The van der Waals surface area contributed by atoms with Gasteiger partial charge >= 0.3 is 6.18 Å². The van der Waals surface area contributed by atoms with Crippen molar-refractivity contribution >= 4 is 11.6 Å². The van der Waals surface area contributed by atoms with Crippen LogP contribution in [0.2, 0.25) is 5.28 Å². The van der Waals surface area contributed by atoms with Gasteiger partial charge in [0.15, 0.2) is 5.69 Å². The van der Waals surface area contributed by atoms with Crippen molar-refractivity contribution < 1.29 is 22.6 Å². The molecule has 0 saturated carbocycles. The summed E-state index contributed by atoms with van der Waals surface area (Å²) in [4.78, 5) is 6.65. The van der Waals surface area contributed by atoms with Crippen molar-refractivity contribution in [1.29, 1.82) is 0 Å². The lowest BCUT2D eigenvalue weighted by molar-refractivity contribution is -0.141. The number of nitrogens with zero attached hydrogens (tertiary/aromatic N) is 2. The van der Waals surface area contributed by atoms with Crippen LogP contribution in [-0.2, 0) is 10.9 Å². The highest BCUT2D eigenvalue weighted by molar-refractivity contribution is 6.28. The average Bonchev–Trinajstić information content (AvgIpc) is 2.21.